The van der Waals surface area contributed by atoms with Crippen molar-refractivity contribution >= 4 is 5.97 Å². The molecule has 0 radical (unpaired) electrons. The van der Waals surface area contributed by atoms with Crippen molar-refractivity contribution in [2.75, 3.05) is 0 Å². The van der Waals surface area contributed by atoms with Crippen molar-refractivity contribution in [2.24, 2.45) is 52.3 Å². The van der Waals surface area contributed by atoms with Crippen molar-refractivity contribution < 1.29 is 19.7 Å². The maximum absolute atomic E-state index is 12.8. The summed E-state index contributed by atoms with van der Waals surface area (Å²) < 4.78 is 5.88. The number of aliphatic hydroxyl groups is 2. The summed E-state index contributed by atoms with van der Waals surface area (Å²) in [5, 5.41) is 32.3. The number of hydrogen-bond acceptors (Lipinski definition) is 5. The number of benzene rings is 1. The van der Waals surface area contributed by atoms with Gasteiger partial charge in [0.05, 0.1) is 29.3 Å². The Labute approximate surface area is 241 Å². The molecule has 40 heavy (non-hydrogen) atoms. The van der Waals surface area contributed by atoms with Crippen LogP contribution >= 0.6 is 0 Å². The van der Waals surface area contributed by atoms with Crippen LogP contribution in [0.25, 0.3) is 0 Å². The third-order valence-corrected chi connectivity index (χ3v) is 12.4. The second-order valence-corrected chi connectivity index (χ2v) is 15.1. The number of fused-ring (bicyclic) bond motifs is 5. The summed E-state index contributed by atoms with van der Waals surface area (Å²) in [4.78, 5) is 12.8. The fourth-order valence-electron chi connectivity index (χ4n) is 10.4. The molecule has 4 aliphatic carbocycles. The van der Waals surface area contributed by atoms with E-state index in [1.54, 1.807) is 12.1 Å². The minimum atomic E-state index is -0.733. The van der Waals surface area contributed by atoms with Crippen molar-refractivity contribution in [3.8, 4) is 6.07 Å². The highest BCUT2D eigenvalue weighted by atomic mass is 16.6. The molecule has 0 bridgehead atoms. The Morgan fingerprint density at radius 1 is 1.07 bits per heavy atom. The fourth-order valence-corrected chi connectivity index (χ4v) is 10.4. The van der Waals surface area contributed by atoms with E-state index in [1.165, 1.54) is 19.3 Å². The molecular weight excluding hydrogens is 498 g/mol. The van der Waals surface area contributed by atoms with E-state index in [0.29, 0.717) is 48.0 Å². The Morgan fingerprint density at radius 2 is 1.75 bits per heavy atom. The summed E-state index contributed by atoms with van der Waals surface area (Å²) in [7, 11) is 0. The van der Waals surface area contributed by atoms with Crippen molar-refractivity contribution in [2.45, 2.75) is 117 Å². The fraction of sp³-hybridized carbons (Fsp3) is 0.771. The normalized spacial score (nSPS) is 41.6. The minimum absolute atomic E-state index is 0.0250. The molecule has 5 nitrogen and oxygen atoms in total. The van der Waals surface area contributed by atoms with Crippen molar-refractivity contribution in [3.63, 3.8) is 0 Å². The predicted octanol–water partition coefficient (Wildman–Crippen LogP) is 7.17. The third-order valence-electron chi connectivity index (χ3n) is 12.4. The minimum Gasteiger partial charge on any atom is -0.456 e. The molecule has 0 spiro atoms. The van der Waals surface area contributed by atoms with Crippen LogP contribution in [0.1, 0.15) is 109 Å². The maximum atomic E-state index is 12.8. The number of nitrogens with zero attached hydrogens (tertiary/aromatic N) is 1. The highest BCUT2D eigenvalue weighted by molar-refractivity contribution is 5.89. The zero-order chi connectivity index (χ0) is 28.9. The highest BCUT2D eigenvalue weighted by Crippen LogP contribution is 2.69. The van der Waals surface area contributed by atoms with E-state index < -0.39 is 17.8 Å². The van der Waals surface area contributed by atoms with Crippen molar-refractivity contribution in [3.05, 3.63) is 35.9 Å². The van der Waals surface area contributed by atoms with Crippen LogP contribution in [0.2, 0.25) is 0 Å². The first kappa shape index (κ1) is 29.6. The number of carbonyl (C=O) groups is 1. The summed E-state index contributed by atoms with van der Waals surface area (Å²) in [6, 6.07) is 11.8. The van der Waals surface area contributed by atoms with Gasteiger partial charge in [-0.1, -0.05) is 51.8 Å². The van der Waals surface area contributed by atoms with E-state index in [4.69, 9.17) is 4.74 Å². The van der Waals surface area contributed by atoms with Gasteiger partial charge in [0.15, 0.2) is 0 Å². The van der Waals surface area contributed by atoms with Gasteiger partial charge >= 0.3 is 5.97 Å². The van der Waals surface area contributed by atoms with E-state index in [9.17, 15) is 20.3 Å². The molecular formula is C35H51NO4. The summed E-state index contributed by atoms with van der Waals surface area (Å²) in [6.45, 7) is 11.1. The average Bonchev–Trinajstić information content (AvgIpc) is 3.27. The Kier molecular flexibility index (Phi) is 8.19. The lowest BCUT2D eigenvalue weighted by atomic mass is 9.42. The number of esters is 1. The first-order valence-corrected chi connectivity index (χ1v) is 15.9. The molecule has 11 atom stereocenters. The van der Waals surface area contributed by atoms with Crippen LogP contribution in [0.3, 0.4) is 0 Å². The van der Waals surface area contributed by atoms with Gasteiger partial charge in [0, 0.05) is 0 Å². The van der Waals surface area contributed by atoms with Crippen LogP contribution in [0, 0.1) is 63.6 Å². The van der Waals surface area contributed by atoms with Crippen molar-refractivity contribution in [1.29, 1.82) is 5.26 Å². The second-order valence-electron chi connectivity index (χ2n) is 15.1. The average molecular weight is 550 g/mol. The van der Waals surface area contributed by atoms with Gasteiger partial charge in [0.25, 0.3) is 0 Å². The molecule has 4 aliphatic rings. The number of hydrogen-bond donors (Lipinski definition) is 2. The van der Waals surface area contributed by atoms with Gasteiger partial charge in [-0.3, -0.25) is 0 Å². The number of nitriles is 1. The van der Waals surface area contributed by atoms with Gasteiger partial charge in [0.2, 0.25) is 0 Å². The smallest absolute Gasteiger partial charge is 0.338 e. The van der Waals surface area contributed by atoms with Gasteiger partial charge in [-0.15, -0.1) is 0 Å². The topological polar surface area (TPSA) is 90.6 Å². The van der Waals surface area contributed by atoms with Crippen LogP contribution in [-0.4, -0.2) is 34.0 Å². The molecule has 0 aliphatic heterocycles. The molecule has 5 rings (SSSR count). The quantitative estimate of drug-likeness (QED) is 0.352. The first-order valence-electron chi connectivity index (χ1n) is 15.9. The van der Waals surface area contributed by atoms with Gasteiger partial charge in [0.1, 0.15) is 6.10 Å². The third kappa shape index (κ3) is 5.24. The summed E-state index contributed by atoms with van der Waals surface area (Å²) >= 11 is 0. The van der Waals surface area contributed by atoms with E-state index in [1.807, 2.05) is 32.0 Å². The highest BCUT2D eigenvalue weighted by Gasteiger charge is 2.64. The molecule has 4 fully saturated rings. The summed E-state index contributed by atoms with van der Waals surface area (Å²) in [5.74, 6) is 2.20. The summed E-state index contributed by atoms with van der Waals surface area (Å²) in [6.07, 6.45) is 8.88. The van der Waals surface area contributed by atoms with Gasteiger partial charge in [-0.25, -0.2) is 4.79 Å². The predicted molar refractivity (Wildman–Crippen MR) is 156 cm³/mol. The lowest BCUT2D eigenvalue weighted by Gasteiger charge is -2.63. The second kappa shape index (κ2) is 11.1. The zero-order valence-electron chi connectivity index (χ0n) is 25.3. The first-order chi connectivity index (χ1) is 18.9. The number of aliphatic hydroxyl groups excluding tert-OH is 1. The zero-order valence-corrected chi connectivity index (χ0v) is 25.3. The van der Waals surface area contributed by atoms with E-state index in [2.05, 4.69) is 26.8 Å². The monoisotopic (exact) mass is 549 g/mol. The van der Waals surface area contributed by atoms with Gasteiger partial charge < -0.3 is 14.9 Å². The van der Waals surface area contributed by atoms with Crippen molar-refractivity contribution in [1.82, 2.24) is 0 Å². The molecule has 220 valence electrons. The van der Waals surface area contributed by atoms with Crippen LogP contribution in [-0.2, 0) is 4.74 Å². The van der Waals surface area contributed by atoms with E-state index in [-0.39, 0.29) is 28.6 Å². The molecule has 0 aromatic heterocycles. The number of carbonyl (C=O) groups excluding carboxylic acids is 1. The standard InChI is InChI=1S/C35H51NO4/c1-22(10-9-17-33(2,3)39)25-13-14-26-30-24(21-36)20-28-31(37)29(40-32(38)23-11-7-6-8-12-23)16-19-35(28,5)27(30)15-18-34(25,26)4/h6-8,11-12,22,24-31,37,39H,9-10,13-20H2,1-5H3/t22-,24?,25-,26+,27+,28+,29+,30+,31-,34-,35-/m1/s1. The molecule has 1 aromatic carbocycles. The molecule has 5 heteroatoms. The molecule has 0 saturated heterocycles. The largest absolute Gasteiger partial charge is 0.456 e. The molecule has 0 amide bonds. The molecule has 4 saturated carbocycles. The van der Waals surface area contributed by atoms with Gasteiger partial charge in [-0.2, -0.15) is 5.26 Å². The Balaban J connectivity index is 1.31. The maximum Gasteiger partial charge on any atom is 0.338 e. The van der Waals surface area contributed by atoms with Crippen LogP contribution in [0.15, 0.2) is 30.3 Å². The van der Waals surface area contributed by atoms with Gasteiger partial charge in [-0.05, 0) is 124 Å². The van der Waals surface area contributed by atoms with Crippen LogP contribution in [0.4, 0.5) is 0 Å². The lowest BCUT2D eigenvalue weighted by molar-refractivity contribution is -0.186. The number of ether oxygens (including phenoxy) is 1. The van der Waals surface area contributed by atoms with Crippen LogP contribution < -0.4 is 0 Å². The van der Waals surface area contributed by atoms with E-state index >= 15 is 0 Å². The Bertz CT molecular complexity index is 1090. The Hall–Kier alpha value is -1.90. The molecule has 2 N–H and O–H groups in total. The summed E-state index contributed by atoms with van der Waals surface area (Å²) in [5.41, 5.74) is 0.134. The van der Waals surface area contributed by atoms with Crippen LogP contribution in [0.5, 0.6) is 0 Å². The molecule has 0 heterocycles. The lowest BCUT2D eigenvalue weighted by Crippen LogP contribution is -2.61. The Morgan fingerprint density at radius 3 is 2.42 bits per heavy atom. The SMILES string of the molecule is C[C@H](CCCC(C)(C)O)[C@H]1CC[C@H]2[C@@H]3C(C#N)C[C@H]4[C@@H](O)[C@@H](OC(=O)c5ccccc5)CC[C@]4(C)[C@H]3CC[C@]12C. The molecule has 1 unspecified atom stereocenters. The van der Waals surface area contributed by atoms with E-state index in [0.717, 1.165) is 32.1 Å². The molecule has 1 aromatic rings. The number of rotatable bonds is 7.